The van der Waals surface area contributed by atoms with Crippen molar-refractivity contribution in [2.45, 2.75) is 31.5 Å². The third-order valence-corrected chi connectivity index (χ3v) is 5.48. The Hall–Kier alpha value is -0.820. The van der Waals surface area contributed by atoms with Crippen LogP contribution in [0.4, 0.5) is 13.2 Å². The van der Waals surface area contributed by atoms with E-state index in [1.807, 2.05) is 0 Å². The number of aromatic nitrogens is 1. The second kappa shape index (κ2) is 11.7. The largest absolute Gasteiger partial charge is 1.00 e. The molecule has 160 valence electrons. The summed E-state index contributed by atoms with van der Waals surface area (Å²) >= 11 is 1.34. The van der Waals surface area contributed by atoms with Crippen LogP contribution in [0.25, 0.3) is 10.4 Å². The van der Waals surface area contributed by atoms with Gasteiger partial charge in [-0.05, 0) is 18.1 Å². The molecule has 0 aliphatic rings. The minimum Gasteiger partial charge on any atom is -0.756 e. The standard InChI is InChI=1S/C16H19F3N3O5PS.Na/c1-8(20)16-21-7-12(29-16)9-2-4-10(5-3-9)13(27-28(24,25)26)11(6-17)22-15(23)14(18)19;/h2-5,7-8,11,13-14H,6,20H2,1H3,(H,22,23)(H2,24,25,26);/q;+1/p-1. The molecule has 0 radical (unpaired) electrons. The van der Waals surface area contributed by atoms with E-state index >= 15 is 0 Å². The van der Waals surface area contributed by atoms with Gasteiger partial charge in [0, 0.05) is 6.20 Å². The predicted molar refractivity (Wildman–Crippen MR) is 97.7 cm³/mol. The monoisotopic (exact) mass is 475 g/mol. The van der Waals surface area contributed by atoms with Crippen LogP contribution in [-0.4, -0.2) is 34.9 Å². The molecule has 1 amide bonds. The van der Waals surface area contributed by atoms with Gasteiger partial charge in [0.1, 0.15) is 17.8 Å². The molecule has 0 fully saturated rings. The molecule has 4 unspecified atom stereocenters. The summed E-state index contributed by atoms with van der Waals surface area (Å²) in [7, 11) is -5.38. The topological polar surface area (TPSA) is 138 Å². The van der Waals surface area contributed by atoms with Crippen LogP contribution in [0, 0.1) is 0 Å². The number of nitrogens with one attached hydrogen (secondary N) is 1. The first-order valence-electron chi connectivity index (χ1n) is 8.20. The van der Waals surface area contributed by atoms with E-state index in [1.54, 1.807) is 30.6 Å². The SMILES string of the molecule is CC(N)c1ncc(-c2ccc(C(OP(=O)([O-])O)C(CF)NC(=O)C(F)F)cc2)s1.[Na+]. The number of thiazole rings is 1. The van der Waals surface area contributed by atoms with Crippen molar-refractivity contribution >= 4 is 25.1 Å². The van der Waals surface area contributed by atoms with Crippen LogP contribution < -0.4 is 45.5 Å². The number of carbonyl (C=O) groups excluding carboxylic acids is 1. The summed E-state index contributed by atoms with van der Waals surface area (Å²) in [5.74, 6) is -1.80. The van der Waals surface area contributed by atoms with Gasteiger partial charge in [-0.1, -0.05) is 24.3 Å². The van der Waals surface area contributed by atoms with Gasteiger partial charge < -0.3 is 25.4 Å². The quantitative estimate of drug-likeness (QED) is 0.315. The first kappa shape index (κ1) is 27.2. The number of hydrogen-bond acceptors (Lipinski definition) is 7. The Morgan fingerprint density at radius 3 is 2.43 bits per heavy atom. The van der Waals surface area contributed by atoms with Crippen molar-refractivity contribution in [3.63, 3.8) is 0 Å². The molecule has 0 spiro atoms. The normalized spacial score (nSPS) is 16.3. The number of phosphoric acid groups is 1. The number of nitrogens with two attached hydrogens (primary N) is 1. The van der Waals surface area contributed by atoms with Crippen molar-refractivity contribution in [3.05, 3.63) is 41.0 Å². The number of rotatable bonds is 9. The average molecular weight is 475 g/mol. The second-order valence-corrected chi connectivity index (χ2v) is 8.25. The summed E-state index contributed by atoms with van der Waals surface area (Å²) in [4.78, 5) is 36.3. The molecule has 0 bridgehead atoms. The molecule has 1 aromatic heterocycles. The average Bonchev–Trinajstić information content (AvgIpc) is 3.14. The first-order valence-corrected chi connectivity index (χ1v) is 10.5. The van der Waals surface area contributed by atoms with Crippen LogP contribution in [-0.2, 0) is 13.9 Å². The van der Waals surface area contributed by atoms with Crippen molar-refractivity contribution in [1.29, 1.82) is 0 Å². The number of carbonyl (C=O) groups is 1. The van der Waals surface area contributed by atoms with E-state index in [0.29, 0.717) is 10.6 Å². The molecule has 4 N–H and O–H groups in total. The van der Waals surface area contributed by atoms with Crippen LogP contribution in [0.2, 0.25) is 0 Å². The third-order valence-electron chi connectivity index (χ3n) is 3.74. The molecule has 1 heterocycles. The number of alkyl halides is 3. The molecule has 0 saturated carbocycles. The molecule has 0 aliphatic carbocycles. The number of benzene rings is 1. The fraction of sp³-hybridized carbons (Fsp3) is 0.375. The van der Waals surface area contributed by atoms with Crippen molar-refractivity contribution in [2.24, 2.45) is 5.73 Å². The zero-order valence-corrected chi connectivity index (χ0v) is 19.7. The summed E-state index contributed by atoms with van der Waals surface area (Å²) in [6.07, 6.45) is -3.60. The summed E-state index contributed by atoms with van der Waals surface area (Å²) in [6.45, 7) is 0.353. The van der Waals surface area contributed by atoms with E-state index in [0.717, 1.165) is 4.88 Å². The molecule has 0 saturated heterocycles. The molecule has 1 aromatic carbocycles. The zero-order chi connectivity index (χ0) is 21.8. The Balaban J connectivity index is 0.00000450. The van der Waals surface area contributed by atoms with E-state index < -0.39 is 39.0 Å². The molecule has 8 nitrogen and oxygen atoms in total. The summed E-state index contributed by atoms with van der Waals surface area (Å²) in [5.41, 5.74) is 6.48. The maximum absolute atomic E-state index is 13.4. The predicted octanol–water partition coefficient (Wildman–Crippen LogP) is -0.928. The minimum absolute atomic E-state index is 0. The molecular weight excluding hydrogens is 457 g/mol. The van der Waals surface area contributed by atoms with E-state index in [9.17, 15) is 27.4 Å². The molecule has 0 aliphatic heterocycles. The van der Waals surface area contributed by atoms with Gasteiger partial charge in [-0.15, -0.1) is 11.3 Å². The van der Waals surface area contributed by atoms with Gasteiger partial charge in [0.25, 0.3) is 13.7 Å². The number of phosphoric ester groups is 1. The Morgan fingerprint density at radius 2 is 2.00 bits per heavy atom. The van der Waals surface area contributed by atoms with Gasteiger partial charge in [0.2, 0.25) is 0 Å². The molecule has 2 rings (SSSR count). The zero-order valence-electron chi connectivity index (χ0n) is 16.0. The van der Waals surface area contributed by atoms with Crippen molar-refractivity contribution in [2.75, 3.05) is 6.67 Å². The third kappa shape index (κ3) is 7.70. The van der Waals surface area contributed by atoms with Crippen LogP contribution in [0.15, 0.2) is 30.5 Å². The van der Waals surface area contributed by atoms with Gasteiger partial charge >= 0.3 is 36.0 Å². The molecular formula is C16H18F3N3NaO5PS. The number of halogens is 3. The Morgan fingerprint density at radius 1 is 1.40 bits per heavy atom. The number of hydrogen-bond donors (Lipinski definition) is 3. The summed E-state index contributed by atoms with van der Waals surface area (Å²) < 4.78 is 54.0. The maximum atomic E-state index is 13.4. The van der Waals surface area contributed by atoms with Crippen molar-refractivity contribution in [3.8, 4) is 10.4 Å². The van der Waals surface area contributed by atoms with Gasteiger partial charge in [-0.25, -0.2) is 9.37 Å². The van der Waals surface area contributed by atoms with E-state index in [4.69, 9.17) is 10.6 Å². The van der Waals surface area contributed by atoms with Crippen molar-refractivity contribution < 1.29 is 66.4 Å². The Bertz CT molecular complexity index is 881. The molecule has 2 aromatic rings. The van der Waals surface area contributed by atoms with Gasteiger partial charge in [0.05, 0.1) is 17.0 Å². The van der Waals surface area contributed by atoms with E-state index in [2.05, 4.69) is 9.51 Å². The number of nitrogens with zero attached hydrogens (tertiary/aromatic N) is 1. The fourth-order valence-corrected chi connectivity index (χ4v) is 3.85. The van der Waals surface area contributed by atoms with E-state index in [1.165, 1.54) is 23.5 Å². The van der Waals surface area contributed by atoms with Gasteiger partial charge in [-0.3, -0.25) is 9.36 Å². The van der Waals surface area contributed by atoms with Crippen LogP contribution in [0.1, 0.15) is 29.6 Å². The molecule has 30 heavy (non-hydrogen) atoms. The van der Waals surface area contributed by atoms with Crippen LogP contribution in [0.3, 0.4) is 0 Å². The maximum Gasteiger partial charge on any atom is 1.00 e. The smallest absolute Gasteiger partial charge is 0.756 e. The molecule has 4 atom stereocenters. The molecule has 14 heteroatoms. The van der Waals surface area contributed by atoms with Crippen molar-refractivity contribution in [1.82, 2.24) is 10.3 Å². The number of amides is 1. The van der Waals surface area contributed by atoms with Gasteiger partial charge in [-0.2, -0.15) is 8.78 Å². The fourth-order valence-electron chi connectivity index (χ4n) is 2.42. The summed E-state index contributed by atoms with van der Waals surface area (Å²) in [6, 6.07) is 3.77. The Kier molecular flexibility index (Phi) is 10.6. The first-order chi connectivity index (χ1) is 13.5. The second-order valence-electron chi connectivity index (χ2n) is 6.04. The van der Waals surface area contributed by atoms with E-state index in [-0.39, 0.29) is 41.2 Å². The minimum atomic E-state index is -5.38. The van der Waals surface area contributed by atoms with Crippen LogP contribution in [0.5, 0.6) is 0 Å². The van der Waals surface area contributed by atoms with Gasteiger partial charge in [0.15, 0.2) is 0 Å². The van der Waals surface area contributed by atoms with Crippen LogP contribution >= 0.6 is 19.2 Å². The Labute approximate surface area is 196 Å². The summed E-state index contributed by atoms with van der Waals surface area (Å²) in [5, 5.41) is 2.37.